The number of carbonyl (C=O) groups excluding carboxylic acids is 2. The molecule has 2 aromatic heterocycles. The smallest absolute Gasteiger partial charge is 0.241 e. The van der Waals surface area contributed by atoms with Gasteiger partial charge in [0.05, 0.1) is 24.0 Å². The Kier molecular flexibility index (Phi) is 4.70. The van der Waals surface area contributed by atoms with Gasteiger partial charge in [-0.05, 0) is 44.2 Å². The Morgan fingerprint density at radius 1 is 1.30 bits per heavy atom. The van der Waals surface area contributed by atoms with Crippen molar-refractivity contribution in [3.8, 4) is 0 Å². The van der Waals surface area contributed by atoms with Crippen molar-refractivity contribution in [2.45, 2.75) is 24.8 Å². The molecule has 27 heavy (non-hydrogen) atoms. The maximum absolute atomic E-state index is 12.7. The van der Waals surface area contributed by atoms with E-state index in [1.807, 2.05) is 47.3 Å². The number of likely N-dealkylation sites (tertiary alicyclic amines) is 1. The number of nitrogens with zero attached hydrogens (tertiary/aromatic N) is 4. The Balaban J connectivity index is 1.44. The highest BCUT2D eigenvalue weighted by atomic mass is 16.2. The molecule has 2 saturated heterocycles. The molecule has 7 nitrogen and oxygen atoms in total. The second-order valence-corrected chi connectivity index (χ2v) is 7.53. The van der Waals surface area contributed by atoms with Crippen molar-refractivity contribution in [2.75, 3.05) is 38.1 Å². The van der Waals surface area contributed by atoms with Crippen molar-refractivity contribution in [1.82, 2.24) is 19.8 Å². The highest BCUT2D eigenvalue weighted by molar-refractivity contribution is 5.95. The summed E-state index contributed by atoms with van der Waals surface area (Å²) in [5.74, 6) is 0.257. The number of rotatable bonds is 4. The predicted molar refractivity (Wildman–Crippen MR) is 102 cm³/mol. The standard InChI is InChI=1S/C20H25N5O2/c1-23-13-19(27)25(17-5-3-9-21-12-17)15-20(23)8-11-24(14-20)18(26)7-6-16-4-2-10-22-16/h2-5,9-10,12,22H,6-8,11,13-15H2,1H3. The molecule has 2 amide bonds. The lowest BCUT2D eigenvalue weighted by Gasteiger charge is -2.46. The molecule has 142 valence electrons. The summed E-state index contributed by atoms with van der Waals surface area (Å²) < 4.78 is 0. The maximum atomic E-state index is 12.7. The van der Waals surface area contributed by atoms with E-state index in [4.69, 9.17) is 0 Å². The van der Waals surface area contributed by atoms with E-state index in [0.29, 0.717) is 26.1 Å². The Bertz CT molecular complexity index is 807. The number of aromatic nitrogens is 2. The van der Waals surface area contributed by atoms with Crippen molar-refractivity contribution in [2.24, 2.45) is 0 Å². The number of aryl methyl sites for hydroxylation is 1. The minimum absolute atomic E-state index is 0.0765. The van der Waals surface area contributed by atoms with Crippen molar-refractivity contribution >= 4 is 17.5 Å². The van der Waals surface area contributed by atoms with Gasteiger partial charge in [-0.15, -0.1) is 0 Å². The fourth-order valence-corrected chi connectivity index (χ4v) is 4.14. The number of piperazine rings is 1. The number of likely N-dealkylation sites (N-methyl/N-ethyl adjacent to an activating group) is 1. The molecule has 1 unspecified atom stereocenters. The Labute approximate surface area is 159 Å². The van der Waals surface area contributed by atoms with E-state index in [2.05, 4.69) is 14.9 Å². The van der Waals surface area contributed by atoms with Crippen LogP contribution < -0.4 is 4.90 Å². The SMILES string of the molecule is CN1CC(=O)N(c2cccnc2)CC12CCN(C(=O)CCc1ccc[nH]1)C2. The fraction of sp³-hybridized carbons (Fsp3) is 0.450. The van der Waals surface area contributed by atoms with Crippen LogP contribution in [-0.4, -0.2) is 70.3 Å². The van der Waals surface area contributed by atoms with Gasteiger partial charge >= 0.3 is 0 Å². The van der Waals surface area contributed by atoms with Gasteiger partial charge in [-0.3, -0.25) is 19.5 Å². The number of carbonyl (C=O) groups is 2. The van der Waals surface area contributed by atoms with Crippen LogP contribution in [0.5, 0.6) is 0 Å². The zero-order chi connectivity index (χ0) is 18.9. The average molecular weight is 367 g/mol. The van der Waals surface area contributed by atoms with Gasteiger partial charge in [0.25, 0.3) is 0 Å². The highest BCUT2D eigenvalue weighted by Gasteiger charge is 2.48. The van der Waals surface area contributed by atoms with Gasteiger partial charge in [-0.2, -0.15) is 0 Å². The molecule has 0 radical (unpaired) electrons. The summed E-state index contributed by atoms with van der Waals surface area (Å²) in [7, 11) is 1.99. The monoisotopic (exact) mass is 367 g/mol. The Hall–Kier alpha value is -2.67. The van der Waals surface area contributed by atoms with Crippen LogP contribution >= 0.6 is 0 Å². The zero-order valence-corrected chi connectivity index (χ0v) is 15.6. The number of aromatic amines is 1. The fourth-order valence-electron chi connectivity index (χ4n) is 4.14. The summed E-state index contributed by atoms with van der Waals surface area (Å²) in [6.07, 6.45) is 7.43. The summed E-state index contributed by atoms with van der Waals surface area (Å²) >= 11 is 0. The van der Waals surface area contributed by atoms with E-state index >= 15 is 0 Å². The van der Waals surface area contributed by atoms with E-state index in [1.54, 1.807) is 12.4 Å². The van der Waals surface area contributed by atoms with Crippen LogP contribution in [-0.2, 0) is 16.0 Å². The summed E-state index contributed by atoms with van der Waals surface area (Å²) in [5, 5.41) is 0. The molecule has 7 heteroatoms. The third kappa shape index (κ3) is 3.47. The van der Waals surface area contributed by atoms with Gasteiger partial charge in [0, 0.05) is 44.1 Å². The lowest BCUT2D eigenvalue weighted by Crippen LogP contribution is -2.64. The molecule has 0 bridgehead atoms. The van der Waals surface area contributed by atoms with Gasteiger partial charge in [-0.1, -0.05) is 0 Å². The lowest BCUT2D eigenvalue weighted by molar-refractivity contribution is -0.130. The molecule has 1 atom stereocenters. The predicted octanol–water partition coefficient (Wildman–Crippen LogP) is 1.29. The van der Waals surface area contributed by atoms with Crippen molar-refractivity contribution < 1.29 is 9.59 Å². The van der Waals surface area contributed by atoms with E-state index in [9.17, 15) is 9.59 Å². The maximum Gasteiger partial charge on any atom is 0.241 e. The summed E-state index contributed by atoms with van der Waals surface area (Å²) in [4.78, 5) is 38.5. The molecule has 2 aliphatic heterocycles. The first kappa shape index (κ1) is 17.7. The normalized spacial score (nSPS) is 23.4. The minimum Gasteiger partial charge on any atom is -0.365 e. The number of H-pyrrole nitrogens is 1. The molecular formula is C20H25N5O2. The summed E-state index contributed by atoms with van der Waals surface area (Å²) in [5.41, 5.74) is 1.72. The van der Waals surface area contributed by atoms with Crippen molar-refractivity contribution in [3.63, 3.8) is 0 Å². The van der Waals surface area contributed by atoms with E-state index in [-0.39, 0.29) is 17.4 Å². The molecule has 1 spiro atoms. The summed E-state index contributed by atoms with van der Waals surface area (Å²) in [6.45, 7) is 2.36. The molecule has 1 N–H and O–H groups in total. The third-order valence-corrected chi connectivity index (χ3v) is 5.85. The molecule has 0 aliphatic carbocycles. The number of nitrogens with one attached hydrogen (secondary N) is 1. The molecule has 2 aromatic rings. The first-order valence-electron chi connectivity index (χ1n) is 9.39. The molecule has 4 heterocycles. The molecule has 2 aliphatic rings. The Morgan fingerprint density at radius 2 is 2.19 bits per heavy atom. The minimum atomic E-state index is -0.189. The van der Waals surface area contributed by atoms with Crippen LogP contribution in [0.15, 0.2) is 42.9 Å². The van der Waals surface area contributed by atoms with Crippen LogP contribution in [0.2, 0.25) is 0 Å². The van der Waals surface area contributed by atoms with Gasteiger partial charge in [0.15, 0.2) is 0 Å². The first-order valence-corrected chi connectivity index (χ1v) is 9.39. The van der Waals surface area contributed by atoms with E-state index in [1.165, 1.54) is 0 Å². The second-order valence-electron chi connectivity index (χ2n) is 7.53. The number of hydrogen-bond acceptors (Lipinski definition) is 4. The molecule has 0 aromatic carbocycles. The number of anilines is 1. The van der Waals surface area contributed by atoms with Crippen LogP contribution in [0.4, 0.5) is 5.69 Å². The van der Waals surface area contributed by atoms with E-state index in [0.717, 1.165) is 30.8 Å². The quantitative estimate of drug-likeness (QED) is 0.884. The van der Waals surface area contributed by atoms with Crippen molar-refractivity contribution in [3.05, 3.63) is 48.5 Å². The van der Waals surface area contributed by atoms with Gasteiger partial charge in [-0.25, -0.2) is 0 Å². The first-order chi connectivity index (χ1) is 13.1. The second kappa shape index (κ2) is 7.15. The topological polar surface area (TPSA) is 72.5 Å². The Morgan fingerprint density at radius 3 is 2.93 bits per heavy atom. The van der Waals surface area contributed by atoms with E-state index < -0.39 is 0 Å². The zero-order valence-electron chi connectivity index (χ0n) is 15.6. The van der Waals surface area contributed by atoms with Gasteiger partial charge in [0.2, 0.25) is 11.8 Å². The molecule has 4 rings (SSSR count). The average Bonchev–Trinajstić information content (AvgIpc) is 3.34. The third-order valence-electron chi connectivity index (χ3n) is 5.85. The van der Waals surface area contributed by atoms with Crippen molar-refractivity contribution in [1.29, 1.82) is 0 Å². The van der Waals surface area contributed by atoms with Gasteiger partial charge in [0.1, 0.15) is 0 Å². The van der Waals surface area contributed by atoms with Crippen LogP contribution in [0.1, 0.15) is 18.5 Å². The highest BCUT2D eigenvalue weighted by Crippen LogP contribution is 2.33. The number of amides is 2. The van der Waals surface area contributed by atoms with Crippen LogP contribution in [0, 0.1) is 0 Å². The van der Waals surface area contributed by atoms with Crippen LogP contribution in [0.3, 0.4) is 0 Å². The number of pyridine rings is 1. The molecule has 2 fully saturated rings. The number of hydrogen-bond donors (Lipinski definition) is 1. The largest absolute Gasteiger partial charge is 0.365 e. The lowest BCUT2D eigenvalue weighted by atomic mass is 9.92. The summed E-state index contributed by atoms with van der Waals surface area (Å²) in [6, 6.07) is 7.72. The molecular weight excluding hydrogens is 342 g/mol. The van der Waals surface area contributed by atoms with Gasteiger partial charge < -0.3 is 14.8 Å². The molecule has 0 saturated carbocycles. The van der Waals surface area contributed by atoms with Crippen LogP contribution in [0.25, 0.3) is 0 Å².